The average Bonchev–Trinajstić information content (AvgIpc) is 2.67. The van der Waals surface area contributed by atoms with Gasteiger partial charge in [0, 0.05) is 5.56 Å². The van der Waals surface area contributed by atoms with Crippen LogP contribution in [0.25, 0.3) is 0 Å². The number of carbonyl (C=O) groups excluding carboxylic acids is 2. The highest BCUT2D eigenvalue weighted by atomic mass is 16.5. The van der Waals surface area contributed by atoms with E-state index < -0.39 is 11.8 Å². The number of hydrazine groups is 1. The molecule has 0 saturated heterocycles. The topological polar surface area (TPSA) is 85.9 Å². The van der Waals surface area contributed by atoms with Crippen molar-refractivity contribution in [1.29, 1.82) is 0 Å². The lowest BCUT2D eigenvalue weighted by Gasteiger charge is -2.09. The summed E-state index contributed by atoms with van der Waals surface area (Å²) in [6.07, 6.45) is 0. The second kappa shape index (κ2) is 10.7. The van der Waals surface area contributed by atoms with Gasteiger partial charge in [0.05, 0.1) is 13.2 Å². The molecule has 7 heteroatoms. The van der Waals surface area contributed by atoms with Gasteiger partial charge in [-0.05, 0) is 43.3 Å². The van der Waals surface area contributed by atoms with E-state index in [0.29, 0.717) is 24.5 Å². The molecule has 0 aliphatic heterocycles. The molecule has 0 atom stereocenters. The van der Waals surface area contributed by atoms with E-state index in [1.165, 1.54) is 0 Å². The molecule has 7 nitrogen and oxygen atoms in total. The Bertz CT molecular complexity index is 689. The lowest BCUT2D eigenvalue weighted by atomic mass is 10.2. The van der Waals surface area contributed by atoms with Crippen LogP contribution in [0.15, 0.2) is 54.6 Å². The van der Waals surface area contributed by atoms with Crippen LogP contribution in [0.4, 0.5) is 0 Å². The van der Waals surface area contributed by atoms with E-state index in [0.717, 1.165) is 5.75 Å². The molecule has 0 bridgehead atoms. The van der Waals surface area contributed by atoms with Crippen LogP contribution in [0.3, 0.4) is 0 Å². The molecule has 0 fully saturated rings. The first kappa shape index (κ1) is 19.3. The highest BCUT2D eigenvalue weighted by Gasteiger charge is 2.07. The second-order valence-electron chi connectivity index (χ2n) is 5.17. The smallest absolute Gasteiger partial charge is 0.269 e. The van der Waals surface area contributed by atoms with Crippen molar-refractivity contribution < 1.29 is 23.8 Å². The second-order valence-corrected chi connectivity index (χ2v) is 5.17. The third-order valence-corrected chi connectivity index (χ3v) is 3.22. The summed E-state index contributed by atoms with van der Waals surface area (Å²) >= 11 is 0. The number of carbonyl (C=O) groups is 2. The summed E-state index contributed by atoms with van der Waals surface area (Å²) in [6, 6.07) is 15.9. The van der Waals surface area contributed by atoms with Gasteiger partial charge in [-0.1, -0.05) is 18.2 Å². The molecule has 2 rings (SSSR count). The number of ether oxygens (including phenoxy) is 3. The van der Waals surface area contributed by atoms with Gasteiger partial charge in [-0.25, -0.2) is 0 Å². The Hall–Kier alpha value is -3.06. The lowest BCUT2D eigenvalue weighted by Crippen LogP contribution is -2.43. The van der Waals surface area contributed by atoms with Gasteiger partial charge in [0.25, 0.3) is 11.8 Å². The Morgan fingerprint density at radius 2 is 1.54 bits per heavy atom. The van der Waals surface area contributed by atoms with E-state index in [1.54, 1.807) is 24.3 Å². The molecular formula is C19H22N2O5. The van der Waals surface area contributed by atoms with Crippen LogP contribution in [-0.4, -0.2) is 38.2 Å². The van der Waals surface area contributed by atoms with Gasteiger partial charge in [0.15, 0.2) is 0 Å². The van der Waals surface area contributed by atoms with Crippen LogP contribution in [0, 0.1) is 0 Å². The van der Waals surface area contributed by atoms with Gasteiger partial charge in [0.2, 0.25) is 0 Å². The first-order valence-electron chi connectivity index (χ1n) is 8.26. The van der Waals surface area contributed by atoms with Crippen molar-refractivity contribution in [2.75, 3.05) is 26.4 Å². The molecule has 2 aromatic carbocycles. The highest BCUT2D eigenvalue weighted by molar-refractivity contribution is 5.95. The van der Waals surface area contributed by atoms with E-state index in [-0.39, 0.29) is 13.2 Å². The number of benzene rings is 2. The predicted molar refractivity (Wildman–Crippen MR) is 96.0 cm³/mol. The van der Waals surface area contributed by atoms with E-state index in [2.05, 4.69) is 10.9 Å². The van der Waals surface area contributed by atoms with Gasteiger partial charge < -0.3 is 14.2 Å². The predicted octanol–water partition coefficient (Wildman–Crippen LogP) is 1.94. The fraction of sp³-hybridized carbons (Fsp3) is 0.263. The van der Waals surface area contributed by atoms with Gasteiger partial charge >= 0.3 is 0 Å². The Morgan fingerprint density at radius 1 is 0.846 bits per heavy atom. The minimum absolute atomic E-state index is 0.179. The van der Waals surface area contributed by atoms with Crippen molar-refractivity contribution in [3.63, 3.8) is 0 Å². The van der Waals surface area contributed by atoms with Crippen molar-refractivity contribution in [2.24, 2.45) is 0 Å². The molecule has 2 N–H and O–H groups in total. The monoisotopic (exact) mass is 358 g/mol. The SMILES string of the molecule is CCOc1ccc(C(=O)NNC(=O)COCCOc2ccccc2)cc1. The quantitative estimate of drug-likeness (QED) is 0.529. The molecule has 2 aromatic rings. The zero-order valence-electron chi connectivity index (χ0n) is 14.6. The van der Waals surface area contributed by atoms with Gasteiger partial charge in [-0.15, -0.1) is 0 Å². The van der Waals surface area contributed by atoms with Crippen molar-refractivity contribution in [3.8, 4) is 11.5 Å². The van der Waals surface area contributed by atoms with E-state index in [4.69, 9.17) is 14.2 Å². The fourth-order valence-electron chi connectivity index (χ4n) is 2.00. The maximum atomic E-state index is 11.9. The Balaban J connectivity index is 1.59. The van der Waals surface area contributed by atoms with E-state index in [9.17, 15) is 9.59 Å². The standard InChI is InChI=1S/C19H22N2O5/c1-2-25-17-10-8-15(9-11-17)19(23)21-20-18(22)14-24-12-13-26-16-6-4-3-5-7-16/h3-11H,2,12-14H2,1H3,(H,20,22)(H,21,23). The maximum Gasteiger partial charge on any atom is 0.269 e. The first-order chi connectivity index (χ1) is 12.7. The third-order valence-electron chi connectivity index (χ3n) is 3.22. The van der Waals surface area contributed by atoms with Crippen molar-refractivity contribution in [3.05, 3.63) is 60.2 Å². The summed E-state index contributed by atoms with van der Waals surface area (Å²) in [7, 11) is 0. The number of rotatable bonds is 9. The van der Waals surface area contributed by atoms with E-state index >= 15 is 0 Å². The summed E-state index contributed by atoms with van der Waals surface area (Å²) < 4.78 is 15.9. The van der Waals surface area contributed by atoms with Crippen LogP contribution in [-0.2, 0) is 9.53 Å². The summed E-state index contributed by atoms with van der Waals surface area (Å²) in [4.78, 5) is 23.6. The molecule has 2 amide bonds. The number of para-hydroxylation sites is 1. The van der Waals surface area contributed by atoms with Crippen LogP contribution in [0.1, 0.15) is 17.3 Å². The van der Waals surface area contributed by atoms with Crippen LogP contribution in [0.5, 0.6) is 11.5 Å². The molecule has 0 radical (unpaired) electrons. The molecule has 26 heavy (non-hydrogen) atoms. The zero-order valence-corrected chi connectivity index (χ0v) is 14.6. The first-order valence-corrected chi connectivity index (χ1v) is 8.26. The van der Waals surface area contributed by atoms with Gasteiger partial charge in [-0.3, -0.25) is 20.4 Å². The third kappa shape index (κ3) is 6.82. The number of nitrogens with one attached hydrogen (secondary N) is 2. The van der Waals surface area contributed by atoms with E-state index in [1.807, 2.05) is 37.3 Å². The molecule has 0 aliphatic carbocycles. The fourth-order valence-corrected chi connectivity index (χ4v) is 2.00. The molecule has 138 valence electrons. The lowest BCUT2D eigenvalue weighted by molar-refractivity contribution is -0.126. The molecule has 0 heterocycles. The summed E-state index contributed by atoms with van der Waals surface area (Å²) in [5, 5.41) is 0. The summed E-state index contributed by atoms with van der Waals surface area (Å²) in [6.45, 7) is 2.84. The minimum atomic E-state index is -0.455. The number of amides is 2. The molecule has 0 saturated carbocycles. The molecular weight excluding hydrogens is 336 g/mol. The average molecular weight is 358 g/mol. The van der Waals surface area contributed by atoms with Crippen molar-refractivity contribution in [2.45, 2.75) is 6.92 Å². The highest BCUT2D eigenvalue weighted by Crippen LogP contribution is 2.11. The van der Waals surface area contributed by atoms with Crippen LogP contribution < -0.4 is 20.3 Å². The Labute approximate surface area is 152 Å². The minimum Gasteiger partial charge on any atom is -0.494 e. The largest absolute Gasteiger partial charge is 0.494 e. The number of hydrogen-bond donors (Lipinski definition) is 2. The number of hydrogen-bond acceptors (Lipinski definition) is 5. The summed E-state index contributed by atoms with van der Waals surface area (Å²) in [5.41, 5.74) is 5.03. The maximum absolute atomic E-state index is 11.9. The van der Waals surface area contributed by atoms with Crippen molar-refractivity contribution in [1.82, 2.24) is 10.9 Å². The molecule has 0 spiro atoms. The van der Waals surface area contributed by atoms with Crippen molar-refractivity contribution >= 4 is 11.8 Å². The Morgan fingerprint density at radius 3 is 2.23 bits per heavy atom. The normalized spacial score (nSPS) is 10.0. The Kier molecular flexibility index (Phi) is 7.95. The summed E-state index contributed by atoms with van der Waals surface area (Å²) in [5.74, 6) is 0.542. The van der Waals surface area contributed by atoms with Gasteiger partial charge in [-0.2, -0.15) is 0 Å². The molecule has 0 unspecified atom stereocenters. The van der Waals surface area contributed by atoms with Gasteiger partial charge in [0.1, 0.15) is 24.7 Å². The molecule has 0 aromatic heterocycles. The zero-order chi connectivity index (χ0) is 18.6. The van der Waals surface area contributed by atoms with Crippen LogP contribution in [0.2, 0.25) is 0 Å². The van der Waals surface area contributed by atoms with Crippen LogP contribution >= 0.6 is 0 Å². The molecule has 0 aliphatic rings.